The summed E-state index contributed by atoms with van der Waals surface area (Å²) in [6.07, 6.45) is -4.70. The van der Waals surface area contributed by atoms with Crippen LogP contribution in [0.25, 0.3) is 0 Å². The highest BCUT2D eigenvalue weighted by Crippen LogP contribution is 2.35. The third-order valence-corrected chi connectivity index (χ3v) is 2.87. The number of nitrogens with one attached hydrogen (secondary N) is 2. The van der Waals surface area contributed by atoms with Gasteiger partial charge in [-0.15, -0.1) is 0 Å². The minimum Gasteiger partial charge on any atom is -0.298 e. The van der Waals surface area contributed by atoms with E-state index in [1.807, 2.05) is 0 Å². The molecule has 0 heterocycles. The number of amides is 1. The summed E-state index contributed by atoms with van der Waals surface area (Å²) >= 11 is 0. The van der Waals surface area contributed by atoms with Gasteiger partial charge in [-0.05, 0) is 42.5 Å². The van der Waals surface area contributed by atoms with E-state index in [1.54, 1.807) is 6.07 Å². The third kappa shape index (κ3) is 3.97. The van der Waals surface area contributed by atoms with Crippen molar-refractivity contribution in [1.29, 1.82) is 5.26 Å². The van der Waals surface area contributed by atoms with Crippen LogP contribution in [0.1, 0.15) is 21.5 Å². The summed E-state index contributed by atoms with van der Waals surface area (Å²) in [6.45, 7) is 0. The van der Waals surface area contributed by atoms with Crippen LogP contribution >= 0.6 is 0 Å². The molecular weight excluding hydrogens is 314 g/mol. The predicted octanol–water partition coefficient (Wildman–Crippen LogP) is 3.47. The quantitative estimate of drug-likeness (QED) is 0.671. The second kappa shape index (κ2) is 6.36. The maximum absolute atomic E-state index is 13.0. The minimum absolute atomic E-state index is 0.0705. The molecule has 8 heteroatoms. The number of nitrogens with zero attached hydrogens (tertiary/aromatic N) is 1. The molecule has 0 aliphatic rings. The molecule has 0 aliphatic carbocycles. The number of anilines is 1. The smallest absolute Gasteiger partial charge is 0.298 e. The van der Waals surface area contributed by atoms with Crippen molar-refractivity contribution in [1.82, 2.24) is 5.43 Å². The molecule has 2 rings (SSSR count). The average Bonchev–Trinajstić information content (AvgIpc) is 2.52. The molecule has 4 nitrogen and oxygen atoms in total. The van der Waals surface area contributed by atoms with Crippen LogP contribution in [0.4, 0.5) is 23.2 Å². The highest BCUT2D eigenvalue weighted by atomic mass is 19.4. The SMILES string of the molecule is N#Cc1ccc(NNC(=O)c2ccc(F)cc2)c(C(F)(F)F)c1. The van der Waals surface area contributed by atoms with Crippen molar-refractivity contribution in [3.8, 4) is 6.07 Å². The number of alkyl halides is 3. The number of benzene rings is 2. The zero-order valence-electron chi connectivity index (χ0n) is 11.4. The summed E-state index contributed by atoms with van der Waals surface area (Å²) in [6, 6.07) is 8.99. The molecule has 2 aromatic carbocycles. The van der Waals surface area contributed by atoms with E-state index >= 15 is 0 Å². The first kappa shape index (κ1) is 16.3. The largest absolute Gasteiger partial charge is 0.418 e. The van der Waals surface area contributed by atoms with Crippen LogP contribution < -0.4 is 10.9 Å². The number of hydrogen-bond acceptors (Lipinski definition) is 3. The van der Waals surface area contributed by atoms with Gasteiger partial charge in [-0.3, -0.25) is 15.6 Å². The number of hydrazine groups is 1. The van der Waals surface area contributed by atoms with E-state index in [2.05, 4.69) is 10.9 Å². The second-order valence-corrected chi connectivity index (χ2v) is 4.46. The van der Waals surface area contributed by atoms with Crippen molar-refractivity contribution in [3.05, 3.63) is 65.0 Å². The van der Waals surface area contributed by atoms with E-state index in [4.69, 9.17) is 5.26 Å². The van der Waals surface area contributed by atoms with Gasteiger partial charge >= 0.3 is 6.18 Å². The Kier molecular flexibility index (Phi) is 4.50. The van der Waals surface area contributed by atoms with Crippen molar-refractivity contribution in [2.75, 3.05) is 5.43 Å². The molecule has 0 atom stereocenters. The van der Waals surface area contributed by atoms with Crippen molar-refractivity contribution in [2.45, 2.75) is 6.18 Å². The van der Waals surface area contributed by atoms with Crippen LogP contribution in [-0.4, -0.2) is 5.91 Å². The standard InChI is InChI=1S/C15H9F4N3O/c16-11-4-2-10(3-5-11)14(23)22-21-13-6-1-9(8-20)7-12(13)15(17,18)19/h1-7,21H,(H,22,23). The van der Waals surface area contributed by atoms with E-state index in [0.29, 0.717) is 6.07 Å². The number of carbonyl (C=O) groups excluding carboxylic acids is 1. The van der Waals surface area contributed by atoms with Crippen LogP contribution in [0.5, 0.6) is 0 Å². The van der Waals surface area contributed by atoms with E-state index in [-0.39, 0.29) is 11.1 Å². The molecule has 0 bridgehead atoms. The Morgan fingerprint density at radius 1 is 1.09 bits per heavy atom. The predicted molar refractivity (Wildman–Crippen MR) is 73.6 cm³/mol. The highest BCUT2D eigenvalue weighted by molar-refractivity contribution is 5.94. The lowest BCUT2D eigenvalue weighted by Crippen LogP contribution is -2.30. The maximum atomic E-state index is 13.0. The number of carbonyl (C=O) groups is 1. The summed E-state index contributed by atoms with van der Waals surface area (Å²) in [7, 11) is 0. The molecule has 0 saturated heterocycles. The molecule has 0 spiro atoms. The van der Waals surface area contributed by atoms with Gasteiger partial charge in [0.2, 0.25) is 0 Å². The minimum atomic E-state index is -4.70. The van der Waals surface area contributed by atoms with E-state index < -0.39 is 29.2 Å². The molecule has 0 unspecified atom stereocenters. The fourth-order valence-electron chi connectivity index (χ4n) is 1.75. The second-order valence-electron chi connectivity index (χ2n) is 4.46. The fourth-order valence-corrected chi connectivity index (χ4v) is 1.75. The van der Waals surface area contributed by atoms with Gasteiger partial charge in [-0.25, -0.2) is 4.39 Å². The molecule has 2 N–H and O–H groups in total. The Bertz CT molecular complexity index is 764. The summed E-state index contributed by atoms with van der Waals surface area (Å²) in [5, 5.41) is 8.67. The van der Waals surface area contributed by atoms with Gasteiger partial charge in [0, 0.05) is 5.56 Å². The molecular formula is C15H9F4N3O. The van der Waals surface area contributed by atoms with Gasteiger partial charge in [0.15, 0.2) is 0 Å². The topological polar surface area (TPSA) is 64.9 Å². The van der Waals surface area contributed by atoms with Crippen LogP contribution in [0.15, 0.2) is 42.5 Å². The summed E-state index contributed by atoms with van der Waals surface area (Å²) < 4.78 is 51.6. The maximum Gasteiger partial charge on any atom is 0.418 e. The summed E-state index contributed by atoms with van der Waals surface area (Å²) in [4.78, 5) is 11.8. The zero-order chi connectivity index (χ0) is 17.0. The normalized spacial score (nSPS) is 10.7. The Morgan fingerprint density at radius 3 is 2.30 bits per heavy atom. The molecule has 118 valence electrons. The Labute approximate surface area is 128 Å². The number of halogens is 4. The molecule has 23 heavy (non-hydrogen) atoms. The lowest BCUT2D eigenvalue weighted by atomic mass is 10.1. The first-order chi connectivity index (χ1) is 10.8. The molecule has 0 aliphatic heterocycles. The Balaban J connectivity index is 2.19. The van der Waals surface area contributed by atoms with Gasteiger partial charge in [0.05, 0.1) is 22.9 Å². The van der Waals surface area contributed by atoms with Crippen molar-refractivity contribution in [2.24, 2.45) is 0 Å². The van der Waals surface area contributed by atoms with Crippen molar-refractivity contribution in [3.63, 3.8) is 0 Å². The van der Waals surface area contributed by atoms with E-state index in [0.717, 1.165) is 18.2 Å². The van der Waals surface area contributed by atoms with Gasteiger partial charge in [-0.1, -0.05) is 0 Å². The zero-order valence-corrected chi connectivity index (χ0v) is 11.4. The average molecular weight is 323 g/mol. The van der Waals surface area contributed by atoms with Crippen LogP contribution in [0, 0.1) is 17.1 Å². The van der Waals surface area contributed by atoms with Crippen LogP contribution in [0.2, 0.25) is 0 Å². The van der Waals surface area contributed by atoms with E-state index in [1.165, 1.54) is 18.2 Å². The molecule has 0 saturated carbocycles. The number of hydrogen-bond donors (Lipinski definition) is 2. The third-order valence-electron chi connectivity index (χ3n) is 2.87. The lowest BCUT2D eigenvalue weighted by molar-refractivity contribution is -0.137. The van der Waals surface area contributed by atoms with Gasteiger partial charge < -0.3 is 0 Å². The fraction of sp³-hybridized carbons (Fsp3) is 0.0667. The van der Waals surface area contributed by atoms with Gasteiger partial charge in [0.1, 0.15) is 5.82 Å². The molecule has 1 amide bonds. The van der Waals surface area contributed by atoms with Crippen LogP contribution in [-0.2, 0) is 6.18 Å². The molecule has 0 aromatic heterocycles. The first-order valence-corrected chi connectivity index (χ1v) is 6.24. The van der Waals surface area contributed by atoms with Gasteiger partial charge in [0.25, 0.3) is 5.91 Å². The monoisotopic (exact) mass is 323 g/mol. The van der Waals surface area contributed by atoms with E-state index in [9.17, 15) is 22.4 Å². The molecule has 0 fully saturated rings. The number of nitriles is 1. The molecule has 2 aromatic rings. The summed E-state index contributed by atoms with van der Waals surface area (Å²) in [5.41, 5.74) is 2.67. The van der Waals surface area contributed by atoms with Crippen LogP contribution in [0.3, 0.4) is 0 Å². The van der Waals surface area contributed by atoms with Gasteiger partial charge in [-0.2, -0.15) is 18.4 Å². The molecule has 0 radical (unpaired) electrons. The lowest BCUT2D eigenvalue weighted by Gasteiger charge is -2.15. The Hall–Kier alpha value is -3.08. The first-order valence-electron chi connectivity index (χ1n) is 6.24. The highest BCUT2D eigenvalue weighted by Gasteiger charge is 2.34. The number of rotatable bonds is 3. The Morgan fingerprint density at radius 2 is 1.74 bits per heavy atom. The van der Waals surface area contributed by atoms with Crippen molar-refractivity contribution < 1.29 is 22.4 Å². The summed E-state index contributed by atoms with van der Waals surface area (Å²) in [5.74, 6) is -1.27. The van der Waals surface area contributed by atoms with Crippen molar-refractivity contribution >= 4 is 11.6 Å².